The Kier molecular flexibility index (Phi) is 6.48. The first-order valence-electron chi connectivity index (χ1n) is 7.87. The van der Waals surface area contributed by atoms with E-state index in [2.05, 4.69) is 47.5 Å². The second kappa shape index (κ2) is 8.15. The maximum absolute atomic E-state index is 6.40. The number of nitrogens with one attached hydrogen (secondary N) is 1. The summed E-state index contributed by atoms with van der Waals surface area (Å²) in [5, 5.41) is 8.77. The van der Waals surface area contributed by atoms with Gasteiger partial charge in [0.25, 0.3) is 0 Å². The molecule has 1 aliphatic rings. The summed E-state index contributed by atoms with van der Waals surface area (Å²) in [5.41, 5.74) is 2.46. The third-order valence-electron chi connectivity index (χ3n) is 4.19. The molecular formula is C17H24Cl2N4. The van der Waals surface area contributed by atoms with Gasteiger partial charge in [-0.15, -0.1) is 12.4 Å². The average Bonchev–Trinajstić information content (AvgIpc) is 2.97. The van der Waals surface area contributed by atoms with Gasteiger partial charge in [-0.05, 0) is 25.5 Å². The summed E-state index contributed by atoms with van der Waals surface area (Å²) in [6, 6.07) is 8.86. The zero-order valence-electron chi connectivity index (χ0n) is 13.6. The first-order valence-corrected chi connectivity index (χ1v) is 8.25. The van der Waals surface area contributed by atoms with Crippen molar-refractivity contribution in [3.63, 3.8) is 0 Å². The van der Waals surface area contributed by atoms with Crippen LogP contribution < -0.4 is 5.32 Å². The molecule has 4 nitrogen and oxygen atoms in total. The Morgan fingerprint density at radius 1 is 1.35 bits per heavy atom. The van der Waals surface area contributed by atoms with Crippen molar-refractivity contribution in [2.45, 2.75) is 32.5 Å². The molecule has 1 aromatic carbocycles. The van der Waals surface area contributed by atoms with Crippen molar-refractivity contribution >= 4 is 24.0 Å². The molecule has 2 heterocycles. The SMILES string of the molecule is CC(C)n1cc(CN2CCNCC2c2ccccc2Cl)cn1.Cl. The molecule has 1 aromatic heterocycles. The van der Waals surface area contributed by atoms with E-state index < -0.39 is 0 Å². The van der Waals surface area contributed by atoms with Gasteiger partial charge in [0, 0.05) is 55.0 Å². The molecule has 3 rings (SSSR count). The molecule has 0 radical (unpaired) electrons. The van der Waals surface area contributed by atoms with E-state index in [1.165, 1.54) is 11.1 Å². The molecule has 0 aliphatic carbocycles. The van der Waals surface area contributed by atoms with Crippen LogP contribution in [0.3, 0.4) is 0 Å². The molecule has 2 aromatic rings. The minimum Gasteiger partial charge on any atom is -0.314 e. The molecule has 1 atom stereocenters. The second-order valence-corrected chi connectivity index (χ2v) is 6.54. The Bertz CT molecular complexity index is 627. The minimum atomic E-state index is 0. The summed E-state index contributed by atoms with van der Waals surface area (Å²) < 4.78 is 2.02. The Morgan fingerprint density at radius 3 is 2.83 bits per heavy atom. The standard InChI is InChI=1S/C17H23ClN4.ClH/c1-13(2)22-12-14(9-20-22)11-21-8-7-19-10-17(21)15-5-3-4-6-16(15)18;/h3-6,9,12-13,17,19H,7-8,10-11H2,1-2H3;1H. The fourth-order valence-electron chi connectivity index (χ4n) is 2.96. The van der Waals surface area contributed by atoms with Crippen LogP contribution in [0.25, 0.3) is 0 Å². The van der Waals surface area contributed by atoms with Crippen LogP contribution >= 0.6 is 24.0 Å². The first kappa shape index (κ1) is 18.3. The number of halogens is 2. The lowest BCUT2D eigenvalue weighted by atomic mass is 10.0. The molecule has 6 heteroatoms. The van der Waals surface area contributed by atoms with Crippen molar-refractivity contribution in [2.24, 2.45) is 0 Å². The lowest BCUT2D eigenvalue weighted by Gasteiger charge is -2.36. The molecule has 1 fully saturated rings. The van der Waals surface area contributed by atoms with E-state index in [0.717, 1.165) is 31.2 Å². The predicted molar refractivity (Wildman–Crippen MR) is 97.3 cm³/mol. The molecular weight excluding hydrogens is 331 g/mol. The maximum atomic E-state index is 6.40. The third-order valence-corrected chi connectivity index (χ3v) is 4.53. The number of hydrogen-bond donors (Lipinski definition) is 1. The summed E-state index contributed by atoms with van der Waals surface area (Å²) in [4.78, 5) is 2.49. The molecule has 0 spiro atoms. The van der Waals surface area contributed by atoms with Crippen molar-refractivity contribution in [3.8, 4) is 0 Å². The fraction of sp³-hybridized carbons (Fsp3) is 0.471. The van der Waals surface area contributed by atoms with Crippen molar-refractivity contribution in [1.29, 1.82) is 0 Å². The Labute approximate surface area is 149 Å². The number of rotatable bonds is 4. The molecule has 0 saturated carbocycles. The highest BCUT2D eigenvalue weighted by atomic mass is 35.5. The molecule has 23 heavy (non-hydrogen) atoms. The summed E-state index contributed by atoms with van der Waals surface area (Å²) in [5.74, 6) is 0. The van der Waals surface area contributed by atoms with Crippen LogP contribution in [-0.4, -0.2) is 34.3 Å². The lowest BCUT2D eigenvalue weighted by Crippen LogP contribution is -2.45. The minimum absolute atomic E-state index is 0. The Hall–Kier alpha value is -1.07. The van der Waals surface area contributed by atoms with Crippen LogP contribution in [0.2, 0.25) is 5.02 Å². The topological polar surface area (TPSA) is 33.1 Å². The van der Waals surface area contributed by atoms with Crippen LogP contribution in [0.1, 0.15) is 37.1 Å². The number of aromatic nitrogens is 2. The quantitative estimate of drug-likeness (QED) is 0.908. The maximum Gasteiger partial charge on any atom is 0.0534 e. The normalized spacial score (nSPS) is 18.9. The number of piperazine rings is 1. The molecule has 0 bridgehead atoms. The van der Waals surface area contributed by atoms with Crippen molar-refractivity contribution in [3.05, 3.63) is 52.8 Å². The zero-order chi connectivity index (χ0) is 15.5. The smallest absolute Gasteiger partial charge is 0.0534 e. The lowest BCUT2D eigenvalue weighted by molar-refractivity contribution is 0.154. The number of nitrogens with zero attached hydrogens (tertiary/aromatic N) is 3. The third kappa shape index (κ3) is 4.27. The van der Waals surface area contributed by atoms with E-state index in [4.69, 9.17) is 11.6 Å². The van der Waals surface area contributed by atoms with Gasteiger partial charge >= 0.3 is 0 Å². The van der Waals surface area contributed by atoms with Crippen molar-refractivity contribution in [1.82, 2.24) is 20.0 Å². The summed E-state index contributed by atoms with van der Waals surface area (Å²) in [7, 11) is 0. The summed E-state index contributed by atoms with van der Waals surface area (Å²) >= 11 is 6.40. The average molecular weight is 355 g/mol. The van der Waals surface area contributed by atoms with Crippen LogP contribution in [0.4, 0.5) is 0 Å². The van der Waals surface area contributed by atoms with Gasteiger partial charge in [0.2, 0.25) is 0 Å². The van der Waals surface area contributed by atoms with Gasteiger partial charge in [0.05, 0.1) is 6.20 Å². The largest absolute Gasteiger partial charge is 0.314 e. The van der Waals surface area contributed by atoms with Gasteiger partial charge in [-0.2, -0.15) is 5.10 Å². The highest BCUT2D eigenvalue weighted by molar-refractivity contribution is 6.31. The van der Waals surface area contributed by atoms with E-state index in [1.807, 2.05) is 23.0 Å². The van der Waals surface area contributed by atoms with Crippen LogP contribution in [0.15, 0.2) is 36.7 Å². The van der Waals surface area contributed by atoms with Crippen molar-refractivity contribution < 1.29 is 0 Å². The predicted octanol–water partition coefficient (Wildman–Crippen LogP) is 3.69. The molecule has 1 saturated heterocycles. The molecule has 1 aliphatic heterocycles. The van der Waals surface area contributed by atoms with E-state index in [0.29, 0.717) is 12.1 Å². The summed E-state index contributed by atoms with van der Waals surface area (Å²) in [6.07, 6.45) is 4.13. The monoisotopic (exact) mass is 354 g/mol. The van der Waals surface area contributed by atoms with E-state index >= 15 is 0 Å². The fourth-order valence-corrected chi connectivity index (χ4v) is 3.23. The molecule has 0 amide bonds. The van der Waals surface area contributed by atoms with Crippen LogP contribution in [0.5, 0.6) is 0 Å². The zero-order valence-corrected chi connectivity index (χ0v) is 15.1. The Balaban J connectivity index is 0.00000192. The molecule has 1 N–H and O–H groups in total. The first-order chi connectivity index (χ1) is 10.6. The van der Waals surface area contributed by atoms with Crippen molar-refractivity contribution in [2.75, 3.05) is 19.6 Å². The summed E-state index contributed by atoms with van der Waals surface area (Å²) in [6.45, 7) is 8.16. The Morgan fingerprint density at radius 2 is 2.13 bits per heavy atom. The highest BCUT2D eigenvalue weighted by Gasteiger charge is 2.25. The van der Waals surface area contributed by atoms with E-state index in [9.17, 15) is 0 Å². The van der Waals surface area contributed by atoms with Gasteiger partial charge in [-0.25, -0.2) is 0 Å². The second-order valence-electron chi connectivity index (χ2n) is 6.13. The van der Waals surface area contributed by atoms with E-state index in [-0.39, 0.29) is 12.4 Å². The van der Waals surface area contributed by atoms with Gasteiger partial charge in [0.15, 0.2) is 0 Å². The van der Waals surface area contributed by atoms with Gasteiger partial charge in [0.1, 0.15) is 0 Å². The van der Waals surface area contributed by atoms with Crippen LogP contribution in [-0.2, 0) is 6.54 Å². The number of hydrogen-bond acceptors (Lipinski definition) is 3. The number of benzene rings is 1. The highest BCUT2D eigenvalue weighted by Crippen LogP contribution is 2.29. The van der Waals surface area contributed by atoms with E-state index in [1.54, 1.807) is 0 Å². The molecule has 1 unspecified atom stereocenters. The molecule has 126 valence electrons. The van der Waals surface area contributed by atoms with Gasteiger partial charge < -0.3 is 5.32 Å². The van der Waals surface area contributed by atoms with Gasteiger partial charge in [-0.3, -0.25) is 9.58 Å². The van der Waals surface area contributed by atoms with Crippen LogP contribution in [0, 0.1) is 0 Å². The van der Waals surface area contributed by atoms with Gasteiger partial charge in [-0.1, -0.05) is 29.8 Å².